The van der Waals surface area contributed by atoms with Crippen molar-refractivity contribution in [1.82, 2.24) is 5.32 Å². The molecule has 0 atom stereocenters. The lowest BCUT2D eigenvalue weighted by Crippen LogP contribution is -2.24. The Bertz CT molecular complexity index is 377. The summed E-state index contributed by atoms with van der Waals surface area (Å²) in [6.45, 7) is 2.77. The minimum Gasteiger partial charge on any atom is -0.508 e. The molecular weight excluding hydrogens is 218 g/mol. The molecule has 0 saturated heterocycles. The van der Waals surface area contributed by atoms with E-state index in [9.17, 15) is 9.90 Å². The number of nitrogens with one attached hydrogen (secondary N) is 1. The highest BCUT2D eigenvalue weighted by atomic mass is 16.5. The van der Waals surface area contributed by atoms with E-state index in [-0.39, 0.29) is 11.7 Å². The number of unbranched alkanes of at least 4 members (excludes halogenated alkanes) is 2. The Hall–Kier alpha value is -1.71. The lowest BCUT2D eigenvalue weighted by atomic mass is 10.2. The maximum Gasteiger partial charge on any atom is 0.251 e. The lowest BCUT2D eigenvalue weighted by molar-refractivity contribution is 0.0952. The van der Waals surface area contributed by atoms with Crippen LogP contribution >= 0.6 is 0 Å². The van der Waals surface area contributed by atoms with Gasteiger partial charge in [-0.05, 0) is 18.6 Å². The van der Waals surface area contributed by atoms with E-state index in [1.165, 1.54) is 19.2 Å². The average Bonchev–Trinajstić information content (AvgIpc) is 2.33. The number of amides is 1. The van der Waals surface area contributed by atoms with Crippen molar-refractivity contribution in [3.05, 3.63) is 23.8 Å². The molecule has 0 fully saturated rings. The van der Waals surface area contributed by atoms with Crippen LogP contribution in [0.2, 0.25) is 0 Å². The highest BCUT2D eigenvalue weighted by Gasteiger charge is 2.08. The van der Waals surface area contributed by atoms with Gasteiger partial charge in [0, 0.05) is 18.2 Å². The van der Waals surface area contributed by atoms with Crippen molar-refractivity contribution in [3.63, 3.8) is 0 Å². The lowest BCUT2D eigenvalue weighted by Gasteiger charge is -2.07. The summed E-state index contributed by atoms with van der Waals surface area (Å²) in [5.74, 6) is 0.321. The Morgan fingerprint density at radius 3 is 2.76 bits per heavy atom. The van der Waals surface area contributed by atoms with Crippen molar-refractivity contribution in [2.45, 2.75) is 26.2 Å². The number of methoxy groups -OCH3 is 1. The number of ether oxygens (including phenoxy) is 1. The molecule has 0 bridgehead atoms. The van der Waals surface area contributed by atoms with Crippen LogP contribution in [0.1, 0.15) is 36.5 Å². The van der Waals surface area contributed by atoms with Crippen LogP contribution in [0.15, 0.2) is 18.2 Å². The molecule has 1 aromatic carbocycles. The van der Waals surface area contributed by atoms with E-state index in [4.69, 9.17) is 4.74 Å². The molecule has 0 spiro atoms. The first-order valence-corrected chi connectivity index (χ1v) is 5.83. The largest absolute Gasteiger partial charge is 0.508 e. The summed E-state index contributed by atoms with van der Waals surface area (Å²) in [4.78, 5) is 11.8. The van der Waals surface area contributed by atoms with Gasteiger partial charge in [-0.2, -0.15) is 0 Å². The summed E-state index contributed by atoms with van der Waals surface area (Å²) in [6.07, 6.45) is 3.19. The maximum atomic E-state index is 11.8. The van der Waals surface area contributed by atoms with E-state index < -0.39 is 0 Å². The molecule has 0 aliphatic carbocycles. The van der Waals surface area contributed by atoms with E-state index in [1.807, 2.05) is 0 Å². The van der Waals surface area contributed by atoms with Gasteiger partial charge in [0.05, 0.1) is 7.11 Å². The molecule has 1 rings (SSSR count). The fraction of sp³-hybridized carbons (Fsp3) is 0.462. The summed E-state index contributed by atoms with van der Waals surface area (Å²) in [6, 6.07) is 4.50. The number of phenolic OH excluding ortho intramolecular Hbond substituents is 1. The van der Waals surface area contributed by atoms with Gasteiger partial charge in [0.1, 0.15) is 11.5 Å². The number of hydrogen-bond donors (Lipinski definition) is 2. The molecule has 4 heteroatoms. The molecule has 0 aliphatic heterocycles. The van der Waals surface area contributed by atoms with Crippen LogP contribution in [0.3, 0.4) is 0 Å². The predicted octanol–water partition coefficient (Wildman–Crippen LogP) is 2.32. The molecule has 94 valence electrons. The van der Waals surface area contributed by atoms with Crippen molar-refractivity contribution in [3.8, 4) is 11.5 Å². The number of benzene rings is 1. The number of rotatable bonds is 6. The third kappa shape index (κ3) is 4.34. The highest BCUT2D eigenvalue weighted by Crippen LogP contribution is 2.21. The average molecular weight is 237 g/mol. The second-order valence-electron chi connectivity index (χ2n) is 3.88. The van der Waals surface area contributed by atoms with Gasteiger partial charge in [-0.15, -0.1) is 0 Å². The zero-order chi connectivity index (χ0) is 12.7. The van der Waals surface area contributed by atoms with Crippen molar-refractivity contribution in [1.29, 1.82) is 0 Å². The Balaban J connectivity index is 2.59. The standard InChI is InChI=1S/C13H19NO3/c1-3-4-5-6-14-13(16)10-7-11(15)9-12(8-10)17-2/h7-9,15H,3-6H2,1-2H3,(H,14,16). The first kappa shape index (κ1) is 13.4. The van der Waals surface area contributed by atoms with Crippen LogP contribution in [0.4, 0.5) is 0 Å². The SMILES string of the molecule is CCCCCNC(=O)c1cc(O)cc(OC)c1. The molecule has 0 saturated carbocycles. The Morgan fingerprint density at radius 1 is 1.35 bits per heavy atom. The molecular formula is C13H19NO3. The fourth-order valence-corrected chi connectivity index (χ4v) is 1.51. The predicted molar refractivity (Wildman–Crippen MR) is 66.5 cm³/mol. The molecule has 1 aromatic rings. The van der Waals surface area contributed by atoms with E-state index >= 15 is 0 Å². The smallest absolute Gasteiger partial charge is 0.251 e. The molecule has 1 amide bonds. The quantitative estimate of drug-likeness (QED) is 0.746. The van der Waals surface area contributed by atoms with Crippen LogP contribution in [0, 0.1) is 0 Å². The minimum atomic E-state index is -0.185. The van der Waals surface area contributed by atoms with Crippen LogP contribution in [0.25, 0.3) is 0 Å². The van der Waals surface area contributed by atoms with Crippen molar-refractivity contribution >= 4 is 5.91 Å². The summed E-state index contributed by atoms with van der Waals surface area (Å²) in [5.41, 5.74) is 0.415. The number of aromatic hydroxyl groups is 1. The number of carbonyl (C=O) groups is 1. The summed E-state index contributed by atoms with van der Waals surface area (Å²) in [7, 11) is 1.50. The molecule has 17 heavy (non-hydrogen) atoms. The van der Waals surface area contributed by atoms with Gasteiger partial charge in [-0.25, -0.2) is 0 Å². The molecule has 0 radical (unpaired) electrons. The van der Waals surface area contributed by atoms with Gasteiger partial charge in [0.2, 0.25) is 0 Å². The van der Waals surface area contributed by atoms with Gasteiger partial charge >= 0.3 is 0 Å². The van der Waals surface area contributed by atoms with Crippen LogP contribution in [0.5, 0.6) is 11.5 Å². The Labute approximate surface area is 102 Å². The first-order chi connectivity index (χ1) is 8.17. The third-order valence-corrected chi connectivity index (χ3v) is 2.46. The van der Waals surface area contributed by atoms with Gasteiger partial charge in [0.25, 0.3) is 5.91 Å². The van der Waals surface area contributed by atoms with Gasteiger partial charge in [-0.1, -0.05) is 19.8 Å². The van der Waals surface area contributed by atoms with Crippen LogP contribution in [-0.2, 0) is 0 Å². The van der Waals surface area contributed by atoms with Gasteiger partial charge < -0.3 is 15.2 Å². The van der Waals surface area contributed by atoms with E-state index in [0.29, 0.717) is 17.9 Å². The molecule has 0 heterocycles. The topological polar surface area (TPSA) is 58.6 Å². The normalized spacial score (nSPS) is 10.0. The Kier molecular flexibility index (Phi) is 5.33. The second-order valence-corrected chi connectivity index (χ2v) is 3.88. The van der Waals surface area contributed by atoms with Crippen LogP contribution in [-0.4, -0.2) is 24.7 Å². The first-order valence-electron chi connectivity index (χ1n) is 5.83. The Morgan fingerprint density at radius 2 is 2.12 bits per heavy atom. The highest BCUT2D eigenvalue weighted by molar-refractivity contribution is 5.95. The summed E-state index contributed by atoms with van der Waals surface area (Å²) < 4.78 is 4.99. The molecule has 0 aliphatic rings. The monoisotopic (exact) mass is 237 g/mol. The second kappa shape index (κ2) is 6.78. The van der Waals surface area contributed by atoms with Gasteiger partial charge in [0.15, 0.2) is 0 Å². The summed E-state index contributed by atoms with van der Waals surface area (Å²) >= 11 is 0. The maximum absolute atomic E-state index is 11.8. The molecule has 4 nitrogen and oxygen atoms in total. The number of phenols is 1. The fourth-order valence-electron chi connectivity index (χ4n) is 1.51. The number of carbonyl (C=O) groups excluding carboxylic acids is 1. The third-order valence-electron chi connectivity index (χ3n) is 2.46. The van der Waals surface area contributed by atoms with Crippen molar-refractivity contribution in [2.75, 3.05) is 13.7 Å². The number of hydrogen-bond acceptors (Lipinski definition) is 3. The molecule has 0 aromatic heterocycles. The molecule has 0 unspecified atom stereocenters. The van der Waals surface area contributed by atoms with Crippen molar-refractivity contribution < 1.29 is 14.6 Å². The van der Waals surface area contributed by atoms with E-state index in [2.05, 4.69) is 12.2 Å². The summed E-state index contributed by atoms with van der Waals surface area (Å²) in [5, 5.41) is 12.2. The van der Waals surface area contributed by atoms with E-state index in [0.717, 1.165) is 19.3 Å². The van der Waals surface area contributed by atoms with Gasteiger partial charge in [-0.3, -0.25) is 4.79 Å². The zero-order valence-electron chi connectivity index (χ0n) is 10.3. The van der Waals surface area contributed by atoms with Crippen molar-refractivity contribution in [2.24, 2.45) is 0 Å². The van der Waals surface area contributed by atoms with Crippen LogP contribution < -0.4 is 10.1 Å². The molecule has 2 N–H and O–H groups in total. The zero-order valence-corrected chi connectivity index (χ0v) is 10.3. The van der Waals surface area contributed by atoms with E-state index in [1.54, 1.807) is 6.07 Å². The minimum absolute atomic E-state index is 0.0306.